The molecule has 3 heterocycles. The molecule has 282 valence electrons. The van der Waals surface area contributed by atoms with Gasteiger partial charge in [0.15, 0.2) is 11.5 Å². The minimum absolute atomic E-state index is 0.119. The van der Waals surface area contributed by atoms with E-state index in [1.165, 1.54) is 48.6 Å². The van der Waals surface area contributed by atoms with Gasteiger partial charge in [0.1, 0.15) is 5.75 Å². The summed E-state index contributed by atoms with van der Waals surface area (Å²) >= 11 is 0. The van der Waals surface area contributed by atoms with Crippen molar-refractivity contribution in [3.63, 3.8) is 0 Å². The fourth-order valence-corrected chi connectivity index (χ4v) is 10.4. The smallest absolute Gasteiger partial charge is 0.267 e. The molecule has 9 nitrogen and oxygen atoms in total. The van der Waals surface area contributed by atoms with Crippen molar-refractivity contribution < 1.29 is 32.9 Å². The number of hydrogen-bond donors (Lipinski definition) is 1. The number of amides is 1. The van der Waals surface area contributed by atoms with E-state index in [1.807, 2.05) is 0 Å². The number of aliphatic imine (C=N–C) groups is 1. The Hall–Kier alpha value is -3.28. The topological polar surface area (TPSA) is 87.1 Å². The number of halogens is 2. The van der Waals surface area contributed by atoms with Crippen molar-refractivity contribution in [2.45, 2.75) is 88.7 Å². The lowest BCUT2D eigenvalue weighted by atomic mass is 9.55. The highest BCUT2D eigenvalue weighted by molar-refractivity contribution is 6.03. The highest BCUT2D eigenvalue weighted by atomic mass is 19.3. The van der Waals surface area contributed by atoms with Gasteiger partial charge in [0.2, 0.25) is 0 Å². The number of aryl methyl sites for hydroxylation is 1. The van der Waals surface area contributed by atoms with Gasteiger partial charge in [-0.2, -0.15) is 0 Å². The molecule has 0 radical (unpaired) electrons. The van der Waals surface area contributed by atoms with Crippen LogP contribution in [0.5, 0.6) is 17.2 Å². The first kappa shape index (κ1) is 35.7. The molecule has 0 bridgehead atoms. The Morgan fingerprint density at radius 1 is 0.942 bits per heavy atom. The maximum Gasteiger partial charge on any atom is 0.267 e. The molecule has 2 saturated carbocycles. The summed E-state index contributed by atoms with van der Waals surface area (Å²) < 4.78 is 45.8. The lowest BCUT2D eigenvalue weighted by molar-refractivity contribution is -0.0226. The molecule has 6 atom stereocenters. The van der Waals surface area contributed by atoms with Gasteiger partial charge in [-0.1, -0.05) is 13.0 Å². The predicted molar refractivity (Wildman–Crippen MR) is 196 cm³/mol. The molecule has 1 N–H and O–H groups in total. The molecule has 4 fully saturated rings. The first-order valence-electron chi connectivity index (χ1n) is 19.6. The van der Waals surface area contributed by atoms with Crippen molar-refractivity contribution in [2.75, 3.05) is 66.1 Å². The van der Waals surface area contributed by atoms with Gasteiger partial charge < -0.3 is 34.0 Å². The van der Waals surface area contributed by atoms with Crippen molar-refractivity contribution >= 4 is 17.8 Å². The molecule has 1 amide bonds. The normalized spacial score (nSPS) is 30.9. The van der Waals surface area contributed by atoms with Crippen molar-refractivity contribution in [1.82, 2.24) is 14.7 Å². The molecule has 0 unspecified atom stereocenters. The number of nitrogens with zero attached hydrogens (tertiary/aromatic N) is 4. The highest BCUT2D eigenvalue weighted by Gasteiger charge is 2.54. The number of hydrogen-bond acceptors (Lipinski definition) is 8. The zero-order valence-electron chi connectivity index (χ0n) is 30.7. The third kappa shape index (κ3) is 6.93. The quantitative estimate of drug-likeness (QED) is 0.272. The molecule has 6 aliphatic rings. The van der Waals surface area contributed by atoms with Crippen LogP contribution in [0, 0.1) is 17.3 Å². The fraction of sp³-hybridized carbons (Fsp3) is 0.659. The second-order valence-electron chi connectivity index (χ2n) is 16.4. The number of benzene rings is 2. The average Bonchev–Trinajstić information content (AvgIpc) is 3.60. The van der Waals surface area contributed by atoms with E-state index in [9.17, 15) is 18.7 Å². The number of aliphatic hydroxyl groups is 1. The van der Waals surface area contributed by atoms with Gasteiger partial charge >= 0.3 is 0 Å². The molecular weight excluding hydrogens is 666 g/mol. The van der Waals surface area contributed by atoms with Crippen LogP contribution in [0.2, 0.25) is 0 Å². The van der Waals surface area contributed by atoms with Gasteiger partial charge in [0.05, 0.1) is 50.3 Å². The summed E-state index contributed by atoms with van der Waals surface area (Å²) in [6.07, 6.45) is 9.62. The molecular formula is C41H54F2N4O5. The van der Waals surface area contributed by atoms with Gasteiger partial charge in [0, 0.05) is 58.0 Å². The monoisotopic (exact) mass is 720 g/mol. The summed E-state index contributed by atoms with van der Waals surface area (Å²) in [6.45, 7) is 9.01. The van der Waals surface area contributed by atoms with E-state index in [-0.39, 0.29) is 17.1 Å². The van der Waals surface area contributed by atoms with E-state index in [0.717, 1.165) is 83.7 Å². The Morgan fingerprint density at radius 3 is 2.44 bits per heavy atom. The second kappa shape index (κ2) is 14.5. The van der Waals surface area contributed by atoms with Crippen LogP contribution in [0.25, 0.3) is 0 Å². The lowest BCUT2D eigenvalue weighted by Crippen LogP contribution is -2.47. The van der Waals surface area contributed by atoms with E-state index >= 15 is 0 Å². The van der Waals surface area contributed by atoms with Crippen LogP contribution in [0.3, 0.4) is 0 Å². The zero-order valence-corrected chi connectivity index (χ0v) is 30.7. The second-order valence-corrected chi connectivity index (χ2v) is 16.4. The Bertz CT molecular complexity index is 1660. The van der Waals surface area contributed by atoms with E-state index in [4.69, 9.17) is 14.2 Å². The number of aliphatic hydroxyl groups excluding tert-OH is 1. The Morgan fingerprint density at radius 2 is 1.69 bits per heavy atom. The van der Waals surface area contributed by atoms with E-state index < -0.39 is 30.8 Å². The number of rotatable bonds is 11. The number of carbonyl (C=O) groups excluding carboxylic acids is 1. The van der Waals surface area contributed by atoms with Gasteiger partial charge in [-0.15, -0.1) is 0 Å². The van der Waals surface area contributed by atoms with Crippen LogP contribution in [-0.2, 0) is 6.42 Å². The number of methoxy groups -OCH3 is 1. The summed E-state index contributed by atoms with van der Waals surface area (Å²) in [7, 11) is 1.51. The maximum absolute atomic E-state index is 14.0. The first-order chi connectivity index (χ1) is 25.1. The van der Waals surface area contributed by atoms with Crippen LogP contribution in [0.4, 0.5) is 14.5 Å². The highest BCUT2D eigenvalue weighted by Crippen LogP contribution is 2.61. The summed E-state index contributed by atoms with van der Waals surface area (Å²) in [5.41, 5.74) is 3.80. The lowest BCUT2D eigenvalue weighted by Gasteiger charge is -2.50. The van der Waals surface area contributed by atoms with Crippen LogP contribution in [0.15, 0.2) is 35.3 Å². The average molecular weight is 721 g/mol. The minimum atomic E-state index is -2.91. The molecule has 11 heteroatoms. The van der Waals surface area contributed by atoms with Crippen LogP contribution >= 0.6 is 0 Å². The SMILES string of the molecule is COc1cc2c(cc1OCCCN1CCN(CCCOc3ccc4c(c3)CC[C@@H]3[C@@H]4CC[C@]4(C)[C@@H](O)CC[C@@H]34)CC1)N=C[C@@H]1CC(F)(F)CN1C2=O. The third-order valence-electron chi connectivity index (χ3n) is 13.3. The van der Waals surface area contributed by atoms with Crippen molar-refractivity contribution in [3.05, 3.63) is 47.0 Å². The van der Waals surface area contributed by atoms with Crippen LogP contribution in [-0.4, -0.2) is 116 Å². The van der Waals surface area contributed by atoms with E-state index in [1.54, 1.807) is 12.1 Å². The minimum Gasteiger partial charge on any atom is -0.494 e. The predicted octanol–water partition coefficient (Wildman–Crippen LogP) is 6.33. The Kier molecular flexibility index (Phi) is 9.97. The standard InChI is InChI=1S/C41H54F2N4O5/c1-40-12-11-31-30-8-6-29(21-27(30)5-7-32(31)34(40)9-10-38(40)48)51-19-3-13-45-15-17-46(18-16-45)14-4-20-52-37-23-35-33(22-36(37)50-2)39(49)47-26-41(42,43)24-28(47)25-44-35/h6,8,21-23,25,28,31-32,34,38,48H,3-5,7,9-20,24,26H2,1-2H3/t28-,31+,32+,34-,38-,40-/m0/s1. The molecule has 3 aliphatic heterocycles. The molecule has 8 rings (SSSR count). The molecule has 2 aromatic rings. The molecule has 52 heavy (non-hydrogen) atoms. The van der Waals surface area contributed by atoms with Crippen molar-refractivity contribution in [3.8, 4) is 17.2 Å². The fourth-order valence-electron chi connectivity index (χ4n) is 10.4. The Balaban J connectivity index is 0.742. The maximum atomic E-state index is 14.0. The number of piperazine rings is 1. The third-order valence-corrected chi connectivity index (χ3v) is 13.3. The summed E-state index contributed by atoms with van der Waals surface area (Å²) in [4.78, 5) is 23.7. The molecule has 3 aliphatic carbocycles. The van der Waals surface area contributed by atoms with E-state index in [2.05, 4.69) is 39.9 Å². The molecule has 0 aromatic heterocycles. The summed E-state index contributed by atoms with van der Waals surface area (Å²) in [6, 6.07) is 9.36. The van der Waals surface area contributed by atoms with Gasteiger partial charge in [-0.3, -0.25) is 9.79 Å². The first-order valence-corrected chi connectivity index (χ1v) is 19.6. The number of carbonyl (C=O) groups is 1. The molecule has 2 saturated heterocycles. The van der Waals surface area contributed by atoms with Gasteiger partial charge in [-0.25, -0.2) is 8.78 Å². The Labute approximate surface area is 306 Å². The largest absolute Gasteiger partial charge is 0.494 e. The van der Waals surface area contributed by atoms with Gasteiger partial charge in [-0.05, 0) is 104 Å². The summed E-state index contributed by atoms with van der Waals surface area (Å²) in [5, 5.41) is 10.7. The van der Waals surface area contributed by atoms with Crippen LogP contribution < -0.4 is 14.2 Å². The van der Waals surface area contributed by atoms with Crippen LogP contribution in [0.1, 0.15) is 85.7 Å². The number of alkyl halides is 2. The number of ether oxygens (including phenoxy) is 3. The van der Waals surface area contributed by atoms with Crippen molar-refractivity contribution in [1.29, 1.82) is 0 Å². The zero-order chi connectivity index (χ0) is 36.0. The van der Waals surface area contributed by atoms with Gasteiger partial charge in [0.25, 0.3) is 11.8 Å². The molecule has 2 aromatic carbocycles. The number of fused-ring (bicyclic) bond motifs is 7. The summed E-state index contributed by atoms with van der Waals surface area (Å²) in [5.74, 6) is 0.538. The van der Waals surface area contributed by atoms with E-state index in [0.29, 0.717) is 41.5 Å². The molecule has 0 spiro atoms. The van der Waals surface area contributed by atoms with Crippen molar-refractivity contribution in [2.24, 2.45) is 22.2 Å².